The fourth-order valence-corrected chi connectivity index (χ4v) is 4.22. The Morgan fingerprint density at radius 2 is 1.31 bits per heavy atom. The number of amides is 2. The predicted molar refractivity (Wildman–Crippen MR) is 115 cm³/mol. The monoisotopic (exact) mass is 396 g/mol. The minimum Gasteiger partial charge on any atom is -0.368 e. The number of benzene rings is 2. The molecule has 0 aliphatic carbocycles. The van der Waals surface area contributed by atoms with Crippen molar-refractivity contribution in [2.45, 2.75) is 13.8 Å². The number of piperazine rings is 2. The van der Waals surface area contributed by atoms with Gasteiger partial charge in [-0.1, -0.05) is 12.1 Å². The van der Waals surface area contributed by atoms with Crippen molar-refractivity contribution in [3.8, 4) is 0 Å². The zero-order chi connectivity index (χ0) is 20.4. The van der Waals surface area contributed by atoms with Gasteiger partial charge < -0.3 is 19.6 Å². The van der Waals surface area contributed by atoms with Crippen LogP contribution >= 0.6 is 0 Å². The Morgan fingerprint density at radius 3 is 1.90 bits per heavy atom. The molecule has 2 saturated heterocycles. The Bertz CT molecular complexity index is 854. The number of anilines is 2. The van der Waals surface area contributed by atoms with Gasteiger partial charge in [-0.05, 0) is 55.3 Å². The highest BCUT2D eigenvalue weighted by molar-refractivity contribution is 5.75. The van der Waals surface area contributed by atoms with E-state index >= 15 is 0 Å². The van der Waals surface area contributed by atoms with Gasteiger partial charge in [0.1, 0.15) is 5.82 Å². The molecule has 0 bridgehead atoms. The number of hydrogen-bond acceptors (Lipinski definition) is 3. The summed E-state index contributed by atoms with van der Waals surface area (Å²) in [5, 5.41) is 0. The second-order valence-electron chi connectivity index (χ2n) is 7.93. The van der Waals surface area contributed by atoms with E-state index in [0.717, 1.165) is 45.0 Å². The Hall–Kier alpha value is -2.76. The molecule has 5 nitrogen and oxygen atoms in total. The molecule has 2 aliphatic heterocycles. The predicted octanol–water partition coefficient (Wildman–Crippen LogP) is 3.51. The quantitative estimate of drug-likeness (QED) is 0.778. The molecule has 0 spiro atoms. The van der Waals surface area contributed by atoms with Crippen LogP contribution in [-0.4, -0.2) is 68.2 Å². The first-order valence-electron chi connectivity index (χ1n) is 10.4. The average Bonchev–Trinajstić information content (AvgIpc) is 2.76. The van der Waals surface area contributed by atoms with Gasteiger partial charge in [-0.25, -0.2) is 9.18 Å². The Balaban J connectivity index is 1.30. The lowest BCUT2D eigenvalue weighted by Gasteiger charge is -2.42. The molecule has 2 heterocycles. The largest absolute Gasteiger partial charge is 0.368 e. The lowest BCUT2D eigenvalue weighted by Crippen LogP contribution is -2.57. The highest BCUT2D eigenvalue weighted by Gasteiger charge is 2.28. The molecular weight excluding hydrogens is 367 g/mol. The van der Waals surface area contributed by atoms with Gasteiger partial charge in [0.2, 0.25) is 0 Å². The minimum absolute atomic E-state index is 0.143. The van der Waals surface area contributed by atoms with Gasteiger partial charge in [0.05, 0.1) is 0 Å². The molecule has 2 fully saturated rings. The van der Waals surface area contributed by atoms with Crippen LogP contribution in [0.4, 0.5) is 20.6 Å². The van der Waals surface area contributed by atoms with Gasteiger partial charge in [-0.3, -0.25) is 0 Å². The summed E-state index contributed by atoms with van der Waals surface area (Å²) in [6, 6.07) is 13.2. The van der Waals surface area contributed by atoms with E-state index < -0.39 is 0 Å². The lowest BCUT2D eigenvalue weighted by molar-refractivity contribution is 0.147. The molecule has 0 aromatic heterocycles. The normalized spacial score (nSPS) is 17.6. The molecule has 0 N–H and O–H groups in total. The number of carbonyl (C=O) groups excluding carboxylic acids is 1. The summed E-state index contributed by atoms with van der Waals surface area (Å²) < 4.78 is 13.1. The van der Waals surface area contributed by atoms with E-state index in [2.05, 4.69) is 41.8 Å². The standard InChI is InChI=1S/C23H29FN4O/c1-18-4-3-5-22(19(18)2)26-12-16-28(17-13-26)23(29)27-14-10-25(11-15-27)21-8-6-20(24)7-9-21/h3-9H,10-17H2,1-2H3. The maximum atomic E-state index is 13.1. The average molecular weight is 397 g/mol. The van der Waals surface area contributed by atoms with Crippen molar-refractivity contribution in [2.75, 3.05) is 62.2 Å². The summed E-state index contributed by atoms with van der Waals surface area (Å²) in [6.45, 7) is 10.5. The summed E-state index contributed by atoms with van der Waals surface area (Å²) in [4.78, 5) is 21.5. The van der Waals surface area contributed by atoms with Crippen LogP contribution in [0.1, 0.15) is 11.1 Å². The molecule has 2 aromatic carbocycles. The van der Waals surface area contributed by atoms with Crippen LogP contribution in [0.3, 0.4) is 0 Å². The van der Waals surface area contributed by atoms with Crippen LogP contribution in [-0.2, 0) is 0 Å². The topological polar surface area (TPSA) is 30.0 Å². The van der Waals surface area contributed by atoms with Gasteiger partial charge in [0.15, 0.2) is 0 Å². The van der Waals surface area contributed by atoms with E-state index in [1.807, 2.05) is 9.80 Å². The van der Waals surface area contributed by atoms with E-state index in [-0.39, 0.29) is 11.8 Å². The molecule has 4 rings (SSSR count). The van der Waals surface area contributed by atoms with E-state index in [1.54, 1.807) is 12.1 Å². The van der Waals surface area contributed by atoms with Crippen LogP contribution < -0.4 is 9.80 Å². The second kappa shape index (κ2) is 8.31. The van der Waals surface area contributed by atoms with Crippen molar-refractivity contribution in [2.24, 2.45) is 0 Å². The highest BCUT2D eigenvalue weighted by atomic mass is 19.1. The summed E-state index contributed by atoms with van der Waals surface area (Å²) in [7, 11) is 0. The van der Waals surface area contributed by atoms with Gasteiger partial charge in [-0.15, -0.1) is 0 Å². The molecule has 29 heavy (non-hydrogen) atoms. The maximum Gasteiger partial charge on any atom is 0.320 e. The minimum atomic E-state index is -0.220. The van der Waals surface area contributed by atoms with Crippen molar-refractivity contribution in [3.05, 3.63) is 59.4 Å². The van der Waals surface area contributed by atoms with E-state index in [4.69, 9.17) is 0 Å². The number of carbonyl (C=O) groups is 1. The first-order valence-corrected chi connectivity index (χ1v) is 10.4. The summed E-state index contributed by atoms with van der Waals surface area (Å²) in [5.41, 5.74) is 4.93. The molecule has 154 valence electrons. The van der Waals surface area contributed by atoms with Gasteiger partial charge >= 0.3 is 6.03 Å². The van der Waals surface area contributed by atoms with Crippen molar-refractivity contribution < 1.29 is 9.18 Å². The van der Waals surface area contributed by atoms with Crippen LogP contribution in [0.25, 0.3) is 0 Å². The molecule has 2 amide bonds. The molecule has 0 unspecified atom stereocenters. The van der Waals surface area contributed by atoms with Crippen molar-refractivity contribution in [3.63, 3.8) is 0 Å². The third-order valence-corrected chi connectivity index (χ3v) is 6.21. The third kappa shape index (κ3) is 4.16. The van der Waals surface area contributed by atoms with Gasteiger partial charge in [0.25, 0.3) is 0 Å². The Morgan fingerprint density at radius 1 is 0.759 bits per heavy atom. The van der Waals surface area contributed by atoms with Gasteiger partial charge in [-0.2, -0.15) is 0 Å². The number of aryl methyl sites for hydroxylation is 1. The van der Waals surface area contributed by atoms with E-state index in [1.165, 1.54) is 28.9 Å². The van der Waals surface area contributed by atoms with E-state index in [0.29, 0.717) is 13.1 Å². The number of urea groups is 1. The molecule has 0 radical (unpaired) electrons. The zero-order valence-electron chi connectivity index (χ0n) is 17.3. The van der Waals surface area contributed by atoms with Crippen molar-refractivity contribution >= 4 is 17.4 Å². The molecular formula is C23H29FN4O. The number of hydrogen-bond donors (Lipinski definition) is 0. The van der Waals surface area contributed by atoms with Crippen molar-refractivity contribution in [1.82, 2.24) is 9.80 Å². The number of rotatable bonds is 2. The second-order valence-corrected chi connectivity index (χ2v) is 7.93. The van der Waals surface area contributed by atoms with Crippen LogP contribution in [0.5, 0.6) is 0 Å². The van der Waals surface area contributed by atoms with Gasteiger partial charge in [0, 0.05) is 63.7 Å². The number of halogens is 1. The van der Waals surface area contributed by atoms with E-state index in [9.17, 15) is 9.18 Å². The molecule has 6 heteroatoms. The fourth-order valence-electron chi connectivity index (χ4n) is 4.22. The lowest BCUT2D eigenvalue weighted by atomic mass is 10.1. The zero-order valence-corrected chi connectivity index (χ0v) is 17.3. The first-order chi connectivity index (χ1) is 14.0. The summed E-state index contributed by atoms with van der Waals surface area (Å²) in [5.74, 6) is -0.220. The van der Waals surface area contributed by atoms with Crippen LogP contribution in [0.2, 0.25) is 0 Å². The highest BCUT2D eigenvalue weighted by Crippen LogP contribution is 2.24. The van der Waals surface area contributed by atoms with Crippen LogP contribution in [0.15, 0.2) is 42.5 Å². The molecule has 2 aromatic rings. The summed E-state index contributed by atoms with van der Waals surface area (Å²) in [6.07, 6.45) is 0. The fraction of sp³-hybridized carbons (Fsp3) is 0.435. The third-order valence-electron chi connectivity index (χ3n) is 6.21. The SMILES string of the molecule is Cc1cccc(N2CCN(C(=O)N3CCN(c4ccc(F)cc4)CC3)CC2)c1C. The summed E-state index contributed by atoms with van der Waals surface area (Å²) >= 11 is 0. The maximum absolute atomic E-state index is 13.1. The molecule has 0 atom stereocenters. The number of nitrogens with zero attached hydrogens (tertiary/aromatic N) is 4. The van der Waals surface area contributed by atoms with Crippen LogP contribution in [0, 0.1) is 19.7 Å². The molecule has 2 aliphatic rings. The van der Waals surface area contributed by atoms with Crippen molar-refractivity contribution in [1.29, 1.82) is 0 Å². The Labute approximate surface area is 172 Å². The first kappa shape index (κ1) is 19.6. The Kier molecular flexibility index (Phi) is 5.60. The molecule has 0 saturated carbocycles. The smallest absolute Gasteiger partial charge is 0.320 e.